The molecule has 0 atom stereocenters. The van der Waals surface area contributed by atoms with Gasteiger partial charge in [-0.1, -0.05) is 29.8 Å². The number of halogens is 1. The predicted molar refractivity (Wildman–Crippen MR) is 115 cm³/mol. The van der Waals surface area contributed by atoms with E-state index in [1.54, 1.807) is 10.6 Å². The highest BCUT2D eigenvalue weighted by Gasteiger charge is 2.22. The largest absolute Gasteiger partial charge is 0.419 e. The van der Waals surface area contributed by atoms with Crippen LogP contribution in [0.4, 0.5) is 5.69 Å². The van der Waals surface area contributed by atoms with Gasteiger partial charge in [-0.2, -0.15) is 0 Å². The van der Waals surface area contributed by atoms with Crippen molar-refractivity contribution in [3.63, 3.8) is 0 Å². The molecule has 7 heteroatoms. The molecule has 0 saturated carbocycles. The van der Waals surface area contributed by atoms with Gasteiger partial charge in [0, 0.05) is 49.9 Å². The van der Waals surface area contributed by atoms with E-state index < -0.39 is 0 Å². The third-order valence-corrected chi connectivity index (χ3v) is 5.73. The fourth-order valence-corrected chi connectivity index (χ4v) is 4.06. The topological polar surface area (TPSA) is 58.7 Å². The van der Waals surface area contributed by atoms with Crippen LogP contribution in [0.2, 0.25) is 5.02 Å². The van der Waals surface area contributed by atoms with Gasteiger partial charge in [-0.05, 0) is 43.2 Å². The zero-order chi connectivity index (χ0) is 20.4. The summed E-state index contributed by atoms with van der Waals surface area (Å²) in [5.74, 6) is -0.238. The van der Waals surface area contributed by atoms with Crippen molar-refractivity contribution < 1.29 is 9.21 Å². The lowest BCUT2D eigenvalue weighted by molar-refractivity contribution is -0.131. The molecule has 29 heavy (non-hydrogen) atoms. The minimum Gasteiger partial charge on any atom is -0.408 e. The fraction of sp³-hybridized carbons (Fsp3) is 0.364. The third-order valence-electron chi connectivity index (χ3n) is 5.49. The summed E-state index contributed by atoms with van der Waals surface area (Å²) >= 11 is 6.14. The zero-order valence-corrected chi connectivity index (χ0v) is 17.2. The number of hydrogen-bond acceptors (Lipinski definition) is 4. The molecule has 1 amide bonds. The number of piperazine rings is 1. The summed E-state index contributed by atoms with van der Waals surface area (Å²) in [5.41, 5.74) is 3.68. The maximum Gasteiger partial charge on any atom is 0.419 e. The van der Waals surface area contributed by atoms with Crippen molar-refractivity contribution in [1.82, 2.24) is 9.47 Å². The van der Waals surface area contributed by atoms with E-state index >= 15 is 0 Å². The first-order chi connectivity index (χ1) is 14.0. The number of aromatic nitrogens is 1. The summed E-state index contributed by atoms with van der Waals surface area (Å²) in [7, 11) is 0. The lowest BCUT2D eigenvalue weighted by atomic mass is 10.1. The van der Waals surface area contributed by atoms with Crippen LogP contribution in [0.15, 0.2) is 51.7 Å². The summed E-state index contributed by atoms with van der Waals surface area (Å²) in [6.07, 6.45) is 1.03. The molecule has 0 aliphatic carbocycles. The van der Waals surface area contributed by atoms with Crippen LogP contribution in [0.5, 0.6) is 0 Å². The van der Waals surface area contributed by atoms with Crippen molar-refractivity contribution in [3.8, 4) is 0 Å². The molecular formula is C22H24ClN3O3. The number of rotatable bonds is 5. The summed E-state index contributed by atoms with van der Waals surface area (Å²) in [6, 6.07) is 13.3. The van der Waals surface area contributed by atoms with Gasteiger partial charge in [0.05, 0.1) is 5.52 Å². The number of aryl methyl sites for hydroxylation is 2. The van der Waals surface area contributed by atoms with E-state index in [1.807, 2.05) is 41.3 Å². The lowest BCUT2D eigenvalue weighted by Gasteiger charge is -2.37. The Hall–Kier alpha value is -2.73. The van der Waals surface area contributed by atoms with Gasteiger partial charge in [0.2, 0.25) is 5.91 Å². The van der Waals surface area contributed by atoms with Crippen LogP contribution >= 0.6 is 11.6 Å². The molecular weight excluding hydrogens is 390 g/mol. The maximum atomic E-state index is 12.6. The van der Waals surface area contributed by atoms with Crippen molar-refractivity contribution >= 4 is 34.3 Å². The van der Waals surface area contributed by atoms with Crippen molar-refractivity contribution in [3.05, 3.63) is 63.6 Å². The van der Waals surface area contributed by atoms with Gasteiger partial charge >= 0.3 is 5.76 Å². The first kappa shape index (κ1) is 19.6. The molecule has 4 rings (SSSR count). The van der Waals surface area contributed by atoms with Crippen molar-refractivity contribution in [2.45, 2.75) is 26.3 Å². The number of oxazole rings is 1. The van der Waals surface area contributed by atoms with E-state index in [2.05, 4.69) is 11.8 Å². The highest BCUT2D eigenvalue weighted by molar-refractivity contribution is 6.30. The first-order valence-corrected chi connectivity index (χ1v) is 10.3. The van der Waals surface area contributed by atoms with E-state index in [0.29, 0.717) is 38.1 Å². The number of carbonyl (C=O) groups excluding carboxylic acids is 1. The van der Waals surface area contributed by atoms with Crippen molar-refractivity contribution in [2.75, 3.05) is 31.1 Å². The van der Waals surface area contributed by atoms with Crippen LogP contribution in [-0.2, 0) is 11.3 Å². The monoisotopic (exact) mass is 413 g/mol. The Bertz CT molecular complexity index is 1080. The Labute approximate surface area is 174 Å². The molecule has 0 N–H and O–H groups in total. The number of nitrogens with zero attached hydrogens (tertiary/aromatic N) is 3. The molecule has 1 fully saturated rings. The quantitative estimate of drug-likeness (QED) is 0.640. The smallest absolute Gasteiger partial charge is 0.408 e. The number of para-hydroxylation sites is 2. The Morgan fingerprint density at radius 3 is 2.66 bits per heavy atom. The Balaban J connectivity index is 1.30. The van der Waals surface area contributed by atoms with Gasteiger partial charge in [-0.15, -0.1) is 0 Å². The fourth-order valence-electron chi connectivity index (χ4n) is 3.89. The van der Waals surface area contributed by atoms with E-state index in [9.17, 15) is 9.59 Å². The molecule has 1 aliphatic heterocycles. The number of amides is 1. The molecule has 3 aromatic rings. The Morgan fingerprint density at radius 2 is 1.86 bits per heavy atom. The maximum absolute atomic E-state index is 12.6. The van der Waals surface area contributed by atoms with Gasteiger partial charge in [0.25, 0.3) is 0 Å². The van der Waals surface area contributed by atoms with E-state index in [4.69, 9.17) is 16.0 Å². The van der Waals surface area contributed by atoms with Gasteiger partial charge in [-0.3, -0.25) is 9.36 Å². The molecule has 2 aromatic carbocycles. The second-order valence-corrected chi connectivity index (χ2v) is 7.83. The molecule has 0 radical (unpaired) electrons. The van der Waals surface area contributed by atoms with Crippen molar-refractivity contribution in [1.29, 1.82) is 0 Å². The molecule has 1 saturated heterocycles. The zero-order valence-electron chi connectivity index (χ0n) is 16.4. The average molecular weight is 414 g/mol. The normalized spacial score (nSPS) is 14.6. The molecule has 0 unspecified atom stereocenters. The molecule has 0 bridgehead atoms. The lowest BCUT2D eigenvalue weighted by Crippen LogP contribution is -2.49. The summed E-state index contributed by atoms with van der Waals surface area (Å²) < 4.78 is 6.84. The number of hydrogen-bond donors (Lipinski definition) is 0. The summed E-state index contributed by atoms with van der Waals surface area (Å²) in [5, 5.41) is 0.728. The number of benzene rings is 2. The van der Waals surface area contributed by atoms with Crippen LogP contribution in [0.25, 0.3) is 11.1 Å². The molecule has 1 aromatic heterocycles. The Morgan fingerprint density at radius 1 is 1.10 bits per heavy atom. The van der Waals surface area contributed by atoms with Gasteiger partial charge < -0.3 is 14.2 Å². The minimum absolute atomic E-state index is 0.133. The van der Waals surface area contributed by atoms with E-state index in [0.717, 1.165) is 29.3 Å². The molecule has 0 spiro atoms. The SMILES string of the molecule is Cc1ccc(Cl)cc1N1CCN(C(=O)CCCn2c(=O)oc3ccccc32)CC1. The van der Waals surface area contributed by atoms with Crippen molar-refractivity contribution in [2.24, 2.45) is 0 Å². The second-order valence-electron chi connectivity index (χ2n) is 7.39. The van der Waals surface area contributed by atoms with Crippen LogP contribution in [0.1, 0.15) is 18.4 Å². The second kappa shape index (κ2) is 8.33. The van der Waals surface area contributed by atoms with Crippen LogP contribution in [0.3, 0.4) is 0 Å². The van der Waals surface area contributed by atoms with Crippen LogP contribution in [-0.4, -0.2) is 41.6 Å². The van der Waals surface area contributed by atoms with Gasteiger partial charge in [0.15, 0.2) is 5.58 Å². The van der Waals surface area contributed by atoms with E-state index in [1.165, 1.54) is 5.56 Å². The molecule has 2 heterocycles. The number of anilines is 1. The standard InChI is InChI=1S/C22H24ClN3O3/c1-16-8-9-17(23)15-19(16)24-11-13-25(14-12-24)21(27)7-4-10-26-18-5-2-3-6-20(18)29-22(26)28/h2-3,5-6,8-9,15H,4,7,10-14H2,1H3. The molecule has 6 nitrogen and oxygen atoms in total. The van der Waals surface area contributed by atoms with Gasteiger partial charge in [0.1, 0.15) is 0 Å². The van der Waals surface area contributed by atoms with Gasteiger partial charge in [-0.25, -0.2) is 4.79 Å². The highest BCUT2D eigenvalue weighted by Crippen LogP contribution is 2.25. The average Bonchev–Trinajstić information content (AvgIpc) is 3.05. The van der Waals surface area contributed by atoms with E-state index in [-0.39, 0.29) is 11.7 Å². The molecule has 152 valence electrons. The number of carbonyl (C=O) groups is 1. The first-order valence-electron chi connectivity index (χ1n) is 9.90. The predicted octanol–water partition coefficient (Wildman–Crippen LogP) is 3.69. The summed E-state index contributed by atoms with van der Waals surface area (Å²) in [6.45, 7) is 5.52. The van der Waals surface area contributed by atoms with Crippen LogP contribution < -0.4 is 10.7 Å². The minimum atomic E-state index is -0.371. The summed E-state index contributed by atoms with van der Waals surface area (Å²) in [4.78, 5) is 28.8. The van der Waals surface area contributed by atoms with Crippen LogP contribution in [0, 0.1) is 6.92 Å². The molecule has 1 aliphatic rings. The Kier molecular flexibility index (Phi) is 5.62. The number of fused-ring (bicyclic) bond motifs is 1. The third kappa shape index (κ3) is 4.17. The highest BCUT2D eigenvalue weighted by atomic mass is 35.5.